The van der Waals surface area contributed by atoms with Gasteiger partial charge in [0.25, 0.3) is 0 Å². The summed E-state index contributed by atoms with van der Waals surface area (Å²) in [6, 6.07) is 4.77. The highest BCUT2D eigenvalue weighted by atomic mass is 16.6. The van der Waals surface area contributed by atoms with Gasteiger partial charge in [-0.2, -0.15) is 0 Å². The third-order valence-corrected chi connectivity index (χ3v) is 2.40. The van der Waals surface area contributed by atoms with E-state index in [2.05, 4.69) is 0 Å². The molecule has 4 heteroatoms. The van der Waals surface area contributed by atoms with E-state index in [-0.39, 0.29) is 17.5 Å². The third kappa shape index (κ3) is 4.28. The lowest BCUT2D eigenvalue weighted by Crippen LogP contribution is -2.10. The number of carbonyl (C=O) groups is 1. The predicted molar refractivity (Wildman–Crippen MR) is 69.0 cm³/mol. The number of para-hydroxylation sites is 1. The molecule has 4 nitrogen and oxygen atoms in total. The lowest BCUT2D eigenvalue weighted by Gasteiger charge is -2.12. The zero-order valence-electron chi connectivity index (χ0n) is 11.1. The summed E-state index contributed by atoms with van der Waals surface area (Å²) in [7, 11) is 0. The molecule has 1 aromatic carbocycles. The second kappa shape index (κ2) is 6.89. The molecule has 0 aromatic heterocycles. The number of esters is 1. The minimum atomic E-state index is -0.355. The molecule has 0 radical (unpaired) electrons. The van der Waals surface area contributed by atoms with Gasteiger partial charge in [-0.15, -0.1) is 0 Å². The maximum atomic E-state index is 11.6. The van der Waals surface area contributed by atoms with Crippen LogP contribution in [0.1, 0.15) is 33.6 Å². The number of phenols is 1. The van der Waals surface area contributed by atoms with Gasteiger partial charge in [0, 0.05) is 6.42 Å². The van der Waals surface area contributed by atoms with Gasteiger partial charge in [-0.3, -0.25) is 4.79 Å². The molecule has 1 N–H and O–H groups in total. The molecule has 0 heterocycles. The van der Waals surface area contributed by atoms with Gasteiger partial charge in [0.2, 0.25) is 5.75 Å². The Morgan fingerprint density at radius 1 is 1.39 bits per heavy atom. The summed E-state index contributed by atoms with van der Waals surface area (Å²) < 4.78 is 10.5. The van der Waals surface area contributed by atoms with E-state index < -0.39 is 0 Å². The number of hydrogen-bond acceptors (Lipinski definition) is 4. The van der Waals surface area contributed by atoms with E-state index in [1.165, 1.54) is 6.07 Å². The van der Waals surface area contributed by atoms with Crippen molar-refractivity contribution in [2.45, 2.75) is 33.6 Å². The highest BCUT2D eigenvalue weighted by molar-refractivity contribution is 5.74. The number of carbonyl (C=O) groups excluding carboxylic acids is 1. The summed E-state index contributed by atoms with van der Waals surface area (Å²) in [5.74, 6) is 0.488. The second-order valence-corrected chi connectivity index (χ2v) is 4.44. The first kappa shape index (κ1) is 14.4. The smallest absolute Gasteiger partial charge is 0.311 e. The van der Waals surface area contributed by atoms with Crippen molar-refractivity contribution in [1.82, 2.24) is 0 Å². The predicted octanol–water partition coefficient (Wildman–Crippen LogP) is 3.13. The Labute approximate surface area is 108 Å². The minimum Gasteiger partial charge on any atom is -0.504 e. The monoisotopic (exact) mass is 252 g/mol. The Kier molecular flexibility index (Phi) is 5.49. The molecule has 0 saturated heterocycles. The van der Waals surface area contributed by atoms with Gasteiger partial charge in [-0.05, 0) is 31.4 Å². The molecular weight excluding hydrogens is 232 g/mol. The average Bonchev–Trinajstić information content (AvgIpc) is 2.31. The Bertz CT molecular complexity index is 399. The van der Waals surface area contributed by atoms with E-state index >= 15 is 0 Å². The number of phenolic OH excluding ortho intramolecular Hbond substituents is 1. The molecule has 1 rings (SSSR count). The van der Waals surface area contributed by atoms with Gasteiger partial charge in [0.1, 0.15) is 0 Å². The van der Waals surface area contributed by atoms with Crippen molar-refractivity contribution >= 4 is 5.97 Å². The second-order valence-electron chi connectivity index (χ2n) is 4.44. The number of benzene rings is 1. The first-order valence-corrected chi connectivity index (χ1v) is 6.20. The summed E-state index contributed by atoms with van der Waals surface area (Å²) in [6.07, 6.45) is 1.09. The molecule has 0 saturated carbocycles. The van der Waals surface area contributed by atoms with Crippen LogP contribution >= 0.6 is 0 Å². The van der Waals surface area contributed by atoms with Crippen molar-refractivity contribution in [3.63, 3.8) is 0 Å². The van der Waals surface area contributed by atoms with Crippen molar-refractivity contribution in [2.24, 2.45) is 5.92 Å². The third-order valence-electron chi connectivity index (χ3n) is 2.40. The van der Waals surface area contributed by atoms with Crippen LogP contribution < -0.4 is 9.47 Å². The Morgan fingerprint density at radius 2 is 2.11 bits per heavy atom. The van der Waals surface area contributed by atoms with Crippen LogP contribution in [-0.4, -0.2) is 17.7 Å². The Morgan fingerprint density at radius 3 is 2.72 bits per heavy atom. The molecular formula is C14H20O4. The van der Waals surface area contributed by atoms with Gasteiger partial charge in [0.05, 0.1) is 6.61 Å². The maximum absolute atomic E-state index is 11.6. The molecule has 0 atom stereocenters. The highest BCUT2D eigenvalue weighted by Gasteiger charge is 2.15. The molecule has 0 aliphatic carbocycles. The maximum Gasteiger partial charge on any atom is 0.311 e. The molecule has 18 heavy (non-hydrogen) atoms. The van der Waals surface area contributed by atoms with Crippen LogP contribution in [-0.2, 0) is 4.79 Å². The minimum absolute atomic E-state index is 0.0844. The number of aromatic hydroxyl groups is 1. The fourth-order valence-corrected chi connectivity index (χ4v) is 1.45. The summed E-state index contributed by atoms with van der Waals surface area (Å²) in [5, 5.41) is 9.69. The van der Waals surface area contributed by atoms with E-state index in [0.717, 1.165) is 6.42 Å². The molecule has 0 fully saturated rings. The Balaban J connectivity index is 2.73. The summed E-state index contributed by atoms with van der Waals surface area (Å²) >= 11 is 0. The van der Waals surface area contributed by atoms with Gasteiger partial charge >= 0.3 is 5.97 Å². The molecule has 0 spiro atoms. The lowest BCUT2D eigenvalue weighted by molar-refractivity contribution is -0.134. The summed E-state index contributed by atoms with van der Waals surface area (Å²) in [4.78, 5) is 11.6. The molecule has 0 aliphatic heterocycles. The first-order chi connectivity index (χ1) is 8.54. The molecule has 0 unspecified atom stereocenters. The Hall–Kier alpha value is -1.71. The zero-order chi connectivity index (χ0) is 13.5. The average molecular weight is 252 g/mol. The van der Waals surface area contributed by atoms with E-state index in [1.807, 2.05) is 20.8 Å². The van der Waals surface area contributed by atoms with Crippen molar-refractivity contribution < 1.29 is 19.4 Å². The SMILES string of the molecule is CCOc1cccc(O)c1OC(=O)CCC(C)C. The molecule has 1 aromatic rings. The van der Waals surface area contributed by atoms with Gasteiger partial charge in [-0.25, -0.2) is 0 Å². The zero-order valence-corrected chi connectivity index (χ0v) is 11.1. The number of rotatable bonds is 6. The fraction of sp³-hybridized carbons (Fsp3) is 0.500. The van der Waals surface area contributed by atoms with Crippen molar-refractivity contribution in [3.05, 3.63) is 18.2 Å². The van der Waals surface area contributed by atoms with Gasteiger partial charge in [-0.1, -0.05) is 19.9 Å². The molecule has 0 aliphatic rings. The van der Waals surface area contributed by atoms with Gasteiger partial charge < -0.3 is 14.6 Å². The molecule has 0 bridgehead atoms. The number of hydrogen-bond donors (Lipinski definition) is 1. The van der Waals surface area contributed by atoms with Crippen LogP contribution in [0.4, 0.5) is 0 Å². The van der Waals surface area contributed by atoms with E-state index in [4.69, 9.17) is 9.47 Å². The van der Waals surface area contributed by atoms with Crippen molar-refractivity contribution in [1.29, 1.82) is 0 Å². The standard InChI is InChI=1S/C14H20O4/c1-4-17-12-7-5-6-11(15)14(12)18-13(16)9-8-10(2)3/h5-7,10,15H,4,8-9H2,1-3H3. The largest absolute Gasteiger partial charge is 0.504 e. The van der Waals surface area contributed by atoms with E-state index in [1.54, 1.807) is 12.1 Å². The van der Waals surface area contributed by atoms with E-state index in [0.29, 0.717) is 24.7 Å². The lowest BCUT2D eigenvalue weighted by atomic mass is 10.1. The van der Waals surface area contributed by atoms with Crippen LogP contribution in [0.25, 0.3) is 0 Å². The fourth-order valence-electron chi connectivity index (χ4n) is 1.45. The van der Waals surface area contributed by atoms with Gasteiger partial charge in [0.15, 0.2) is 11.5 Å². The first-order valence-electron chi connectivity index (χ1n) is 6.20. The van der Waals surface area contributed by atoms with E-state index in [9.17, 15) is 9.90 Å². The summed E-state index contributed by atoms with van der Waals surface area (Å²) in [5.41, 5.74) is 0. The van der Waals surface area contributed by atoms with Crippen LogP contribution in [0.3, 0.4) is 0 Å². The van der Waals surface area contributed by atoms with Crippen LogP contribution in [0, 0.1) is 5.92 Å². The molecule has 0 amide bonds. The quantitative estimate of drug-likeness (QED) is 0.624. The van der Waals surface area contributed by atoms with Crippen LogP contribution in [0.15, 0.2) is 18.2 Å². The van der Waals surface area contributed by atoms with Crippen molar-refractivity contribution in [3.8, 4) is 17.2 Å². The number of ether oxygens (including phenoxy) is 2. The topological polar surface area (TPSA) is 55.8 Å². The van der Waals surface area contributed by atoms with Crippen molar-refractivity contribution in [2.75, 3.05) is 6.61 Å². The summed E-state index contributed by atoms with van der Waals surface area (Å²) in [6.45, 7) is 6.35. The normalized spacial score (nSPS) is 10.4. The van der Waals surface area contributed by atoms with Crippen LogP contribution in [0.2, 0.25) is 0 Å². The molecule has 100 valence electrons. The van der Waals surface area contributed by atoms with Crippen LogP contribution in [0.5, 0.6) is 17.2 Å². The highest BCUT2D eigenvalue weighted by Crippen LogP contribution is 2.36.